The van der Waals surface area contributed by atoms with Crippen molar-refractivity contribution in [2.75, 3.05) is 19.0 Å². The smallest absolute Gasteiger partial charge is 0.280 e. The molecule has 2 rings (SSSR count). The van der Waals surface area contributed by atoms with Crippen molar-refractivity contribution in [1.82, 2.24) is 4.98 Å². The highest BCUT2D eigenvalue weighted by molar-refractivity contribution is 5.93. The van der Waals surface area contributed by atoms with E-state index in [1.54, 1.807) is 7.11 Å². The number of rotatable bonds is 5. The Morgan fingerprint density at radius 3 is 2.79 bits per heavy atom. The second-order valence-corrected chi connectivity index (χ2v) is 4.17. The predicted octanol–water partition coefficient (Wildman–Crippen LogP) is 3.75. The van der Waals surface area contributed by atoms with Gasteiger partial charge in [0.1, 0.15) is 5.69 Å². The number of hydrogen-bond acceptors (Lipinski definition) is 3. The molecule has 1 heterocycles. The molecule has 19 heavy (non-hydrogen) atoms. The number of benzene rings is 1. The molecule has 0 unspecified atom stereocenters. The molecule has 5 heteroatoms. The normalized spacial score (nSPS) is 11.2. The van der Waals surface area contributed by atoms with Crippen LogP contribution >= 0.6 is 0 Å². The zero-order valence-corrected chi connectivity index (χ0v) is 10.9. The van der Waals surface area contributed by atoms with Crippen LogP contribution in [0.4, 0.5) is 14.5 Å². The van der Waals surface area contributed by atoms with Gasteiger partial charge >= 0.3 is 0 Å². The molecule has 1 aromatic heterocycles. The van der Waals surface area contributed by atoms with Gasteiger partial charge in [0, 0.05) is 30.3 Å². The minimum Gasteiger partial charge on any atom is -0.385 e. The summed E-state index contributed by atoms with van der Waals surface area (Å²) < 4.78 is 30.9. The maximum absolute atomic E-state index is 12.9. The summed E-state index contributed by atoms with van der Waals surface area (Å²) in [6.07, 6.45) is -2.59. The van der Waals surface area contributed by atoms with Crippen molar-refractivity contribution in [2.24, 2.45) is 0 Å². The first kappa shape index (κ1) is 13.7. The van der Waals surface area contributed by atoms with Crippen LogP contribution in [0.5, 0.6) is 0 Å². The minimum atomic E-state index is -2.59. The first-order valence-electron chi connectivity index (χ1n) is 6.10. The van der Waals surface area contributed by atoms with Crippen LogP contribution in [0.15, 0.2) is 24.3 Å². The fourth-order valence-electron chi connectivity index (χ4n) is 2.05. The molecule has 0 bridgehead atoms. The van der Waals surface area contributed by atoms with Crippen LogP contribution in [0, 0.1) is 0 Å². The third-order valence-electron chi connectivity index (χ3n) is 2.83. The summed E-state index contributed by atoms with van der Waals surface area (Å²) in [7, 11) is 1.57. The highest BCUT2D eigenvalue weighted by Crippen LogP contribution is 2.29. The van der Waals surface area contributed by atoms with Crippen LogP contribution in [0.2, 0.25) is 0 Å². The number of nitrogens with one attached hydrogen (secondary N) is 1. The van der Waals surface area contributed by atoms with Crippen molar-refractivity contribution >= 4 is 16.6 Å². The topological polar surface area (TPSA) is 34.2 Å². The Morgan fingerprint density at radius 2 is 2.16 bits per heavy atom. The Kier molecular flexibility index (Phi) is 4.27. The predicted molar refractivity (Wildman–Crippen MR) is 71.6 cm³/mol. The SMILES string of the molecule is CCNc1cc(C(F)F)nc2c(COC)cccc12. The van der Waals surface area contributed by atoms with Gasteiger partial charge in [0.15, 0.2) is 0 Å². The van der Waals surface area contributed by atoms with Crippen molar-refractivity contribution in [3.8, 4) is 0 Å². The molecule has 3 nitrogen and oxygen atoms in total. The van der Waals surface area contributed by atoms with Gasteiger partial charge in [0.2, 0.25) is 0 Å². The van der Waals surface area contributed by atoms with Gasteiger partial charge in [-0.25, -0.2) is 13.8 Å². The van der Waals surface area contributed by atoms with E-state index in [1.165, 1.54) is 6.07 Å². The van der Waals surface area contributed by atoms with Gasteiger partial charge in [0.05, 0.1) is 12.1 Å². The van der Waals surface area contributed by atoms with E-state index in [-0.39, 0.29) is 5.69 Å². The summed E-state index contributed by atoms with van der Waals surface area (Å²) >= 11 is 0. The molecule has 0 saturated carbocycles. The Hall–Kier alpha value is -1.75. The van der Waals surface area contributed by atoms with Crippen molar-refractivity contribution in [1.29, 1.82) is 0 Å². The fourth-order valence-corrected chi connectivity index (χ4v) is 2.05. The lowest BCUT2D eigenvalue weighted by molar-refractivity contribution is 0.146. The van der Waals surface area contributed by atoms with Crippen LogP contribution in [-0.2, 0) is 11.3 Å². The second kappa shape index (κ2) is 5.93. The minimum absolute atomic E-state index is 0.216. The quantitative estimate of drug-likeness (QED) is 0.895. The van der Waals surface area contributed by atoms with Crippen LogP contribution in [0.3, 0.4) is 0 Å². The number of nitrogens with zero attached hydrogens (tertiary/aromatic N) is 1. The Morgan fingerprint density at radius 1 is 1.37 bits per heavy atom. The maximum atomic E-state index is 12.9. The number of hydrogen-bond donors (Lipinski definition) is 1. The first-order chi connectivity index (χ1) is 9.17. The number of alkyl halides is 2. The lowest BCUT2D eigenvalue weighted by Crippen LogP contribution is -2.02. The molecule has 1 N–H and O–H groups in total. The largest absolute Gasteiger partial charge is 0.385 e. The molecular formula is C14H16F2N2O. The highest BCUT2D eigenvalue weighted by atomic mass is 19.3. The number of pyridine rings is 1. The average Bonchev–Trinajstić information content (AvgIpc) is 2.40. The van der Waals surface area contributed by atoms with Gasteiger partial charge in [-0.3, -0.25) is 0 Å². The van der Waals surface area contributed by atoms with Gasteiger partial charge in [-0.1, -0.05) is 18.2 Å². The van der Waals surface area contributed by atoms with E-state index in [4.69, 9.17) is 4.74 Å². The molecule has 0 radical (unpaired) electrons. The van der Waals surface area contributed by atoms with Crippen LogP contribution in [0.1, 0.15) is 24.6 Å². The van der Waals surface area contributed by atoms with Gasteiger partial charge < -0.3 is 10.1 Å². The van der Waals surface area contributed by atoms with E-state index >= 15 is 0 Å². The summed E-state index contributed by atoms with van der Waals surface area (Å²) in [5.41, 5.74) is 1.84. The molecule has 0 spiro atoms. The summed E-state index contributed by atoms with van der Waals surface area (Å²) in [6, 6.07) is 6.99. The third kappa shape index (κ3) is 2.81. The molecule has 1 aromatic carbocycles. The van der Waals surface area contributed by atoms with Crippen molar-refractivity contribution in [3.63, 3.8) is 0 Å². The van der Waals surface area contributed by atoms with Crippen LogP contribution in [0.25, 0.3) is 10.9 Å². The van der Waals surface area contributed by atoms with E-state index in [0.29, 0.717) is 24.4 Å². The zero-order chi connectivity index (χ0) is 13.8. The summed E-state index contributed by atoms with van der Waals surface area (Å²) in [4.78, 5) is 4.07. The Labute approximate surface area is 110 Å². The van der Waals surface area contributed by atoms with Gasteiger partial charge in [-0.15, -0.1) is 0 Å². The number of ether oxygens (including phenoxy) is 1. The molecule has 0 fully saturated rings. The number of para-hydroxylation sites is 1. The molecule has 2 aromatic rings. The fraction of sp³-hybridized carbons (Fsp3) is 0.357. The molecule has 0 aliphatic rings. The van der Waals surface area contributed by atoms with E-state index in [2.05, 4.69) is 10.3 Å². The average molecular weight is 266 g/mol. The lowest BCUT2D eigenvalue weighted by atomic mass is 10.1. The monoisotopic (exact) mass is 266 g/mol. The molecular weight excluding hydrogens is 250 g/mol. The number of aromatic nitrogens is 1. The van der Waals surface area contributed by atoms with Gasteiger partial charge in [-0.05, 0) is 13.0 Å². The van der Waals surface area contributed by atoms with Crippen LogP contribution < -0.4 is 5.32 Å². The number of methoxy groups -OCH3 is 1. The standard InChI is InChI=1S/C14H16F2N2O/c1-3-17-11-7-12(14(15)16)18-13-9(8-19-2)5-4-6-10(11)13/h4-7,14H,3,8H2,1-2H3,(H,17,18). The maximum Gasteiger partial charge on any atom is 0.280 e. The van der Waals surface area contributed by atoms with Gasteiger partial charge in [-0.2, -0.15) is 0 Å². The van der Waals surface area contributed by atoms with E-state index in [1.807, 2.05) is 25.1 Å². The van der Waals surface area contributed by atoms with E-state index in [9.17, 15) is 8.78 Å². The number of fused-ring (bicyclic) bond motifs is 1. The van der Waals surface area contributed by atoms with E-state index < -0.39 is 6.43 Å². The molecule has 102 valence electrons. The summed E-state index contributed by atoms with van der Waals surface area (Å²) in [5, 5.41) is 3.94. The summed E-state index contributed by atoms with van der Waals surface area (Å²) in [6.45, 7) is 2.94. The summed E-state index contributed by atoms with van der Waals surface area (Å²) in [5.74, 6) is 0. The number of anilines is 1. The van der Waals surface area contributed by atoms with Crippen molar-refractivity contribution in [2.45, 2.75) is 20.0 Å². The van der Waals surface area contributed by atoms with Crippen molar-refractivity contribution in [3.05, 3.63) is 35.5 Å². The van der Waals surface area contributed by atoms with E-state index in [0.717, 1.165) is 10.9 Å². The second-order valence-electron chi connectivity index (χ2n) is 4.17. The third-order valence-corrected chi connectivity index (χ3v) is 2.83. The highest BCUT2D eigenvalue weighted by Gasteiger charge is 2.14. The first-order valence-corrected chi connectivity index (χ1v) is 6.10. The lowest BCUT2D eigenvalue weighted by Gasteiger charge is -2.12. The molecule has 0 aliphatic heterocycles. The molecule has 0 aliphatic carbocycles. The van der Waals surface area contributed by atoms with Crippen LogP contribution in [-0.4, -0.2) is 18.6 Å². The molecule has 0 amide bonds. The van der Waals surface area contributed by atoms with Gasteiger partial charge in [0.25, 0.3) is 6.43 Å². The number of halogens is 2. The molecule has 0 atom stereocenters. The van der Waals surface area contributed by atoms with Crippen molar-refractivity contribution < 1.29 is 13.5 Å². The molecule has 0 saturated heterocycles. The Balaban J connectivity index is 2.67. The zero-order valence-electron chi connectivity index (χ0n) is 10.9. The Bertz CT molecular complexity index is 573.